The van der Waals surface area contributed by atoms with E-state index in [1.165, 1.54) is 37.8 Å². The van der Waals surface area contributed by atoms with Gasteiger partial charge in [0.15, 0.2) is 0 Å². The number of nitrogens with zero attached hydrogens (tertiary/aromatic N) is 1. The maximum absolute atomic E-state index is 6.38. The molecule has 3 heteroatoms. The summed E-state index contributed by atoms with van der Waals surface area (Å²) in [5.74, 6) is 0.731. The second-order valence-corrected chi connectivity index (χ2v) is 7.69. The van der Waals surface area contributed by atoms with Crippen molar-refractivity contribution in [1.29, 1.82) is 0 Å². The normalized spacial score (nSPS) is 17.8. The van der Waals surface area contributed by atoms with Crippen molar-refractivity contribution in [1.82, 2.24) is 4.90 Å². The van der Waals surface area contributed by atoms with Crippen LogP contribution in [0.3, 0.4) is 0 Å². The zero-order valence-electron chi connectivity index (χ0n) is 13.4. The van der Waals surface area contributed by atoms with Crippen LogP contribution in [0, 0.1) is 5.92 Å². The predicted molar refractivity (Wildman–Crippen MR) is 94.4 cm³/mol. The fourth-order valence-corrected chi connectivity index (χ4v) is 3.61. The second kappa shape index (κ2) is 8.30. The summed E-state index contributed by atoms with van der Waals surface area (Å²) < 4.78 is 1.12. The van der Waals surface area contributed by atoms with E-state index < -0.39 is 0 Å². The molecular weight excluding hydrogens is 324 g/mol. The van der Waals surface area contributed by atoms with Gasteiger partial charge in [0.2, 0.25) is 0 Å². The van der Waals surface area contributed by atoms with Crippen LogP contribution in [0.1, 0.15) is 57.6 Å². The fourth-order valence-electron chi connectivity index (χ4n) is 3.34. The quantitative estimate of drug-likeness (QED) is 0.767. The first-order chi connectivity index (χ1) is 10.1. The van der Waals surface area contributed by atoms with E-state index in [4.69, 9.17) is 5.73 Å². The molecule has 0 aliphatic heterocycles. The summed E-state index contributed by atoms with van der Waals surface area (Å²) in [5.41, 5.74) is 7.63. The van der Waals surface area contributed by atoms with Crippen LogP contribution in [-0.4, -0.2) is 24.0 Å². The number of benzene rings is 1. The van der Waals surface area contributed by atoms with Gasteiger partial charge in [-0.25, -0.2) is 0 Å². The van der Waals surface area contributed by atoms with Gasteiger partial charge in [-0.15, -0.1) is 0 Å². The van der Waals surface area contributed by atoms with E-state index in [1.54, 1.807) is 0 Å². The largest absolute Gasteiger partial charge is 0.324 e. The highest BCUT2D eigenvalue weighted by atomic mass is 79.9. The predicted octanol–water partition coefficient (Wildman–Crippen LogP) is 4.74. The lowest BCUT2D eigenvalue weighted by molar-refractivity contribution is 0.171. The average Bonchev–Trinajstić information content (AvgIpc) is 2.97. The smallest absolute Gasteiger partial charge is 0.0307 e. The molecule has 2 N–H and O–H groups in total. The van der Waals surface area contributed by atoms with Crippen molar-refractivity contribution in [2.45, 2.75) is 58.0 Å². The molecule has 1 saturated carbocycles. The third kappa shape index (κ3) is 5.39. The van der Waals surface area contributed by atoms with Gasteiger partial charge in [0.25, 0.3) is 0 Å². The van der Waals surface area contributed by atoms with Crippen molar-refractivity contribution in [2.75, 3.05) is 13.1 Å². The molecule has 1 aliphatic rings. The Bertz CT molecular complexity index is 410. The fraction of sp³-hybridized carbons (Fsp3) is 0.667. The Kier molecular flexibility index (Phi) is 6.72. The molecule has 2 rings (SSSR count). The molecule has 0 radical (unpaired) electrons. The van der Waals surface area contributed by atoms with E-state index in [-0.39, 0.29) is 6.04 Å². The molecule has 1 aliphatic carbocycles. The number of halogens is 1. The van der Waals surface area contributed by atoms with Gasteiger partial charge in [-0.3, -0.25) is 0 Å². The first-order valence-electron chi connectivity index (χ1n) is 8.31. The number of rotatable bonds is 7. The van der Waals surface area contributed by atoms with E-state index in [2.05, 4.69) is 58.9 Å². The van der Waals surface area contributed by atoms with Crippen molar-refractivity contribution in [3.05, 3.63) is 34.3 Å². The van der Waals surface area contributed by atoms with Crippen LogP contribution in [0.15, 0.2) is 28.7 Å². The van der Waals surface area contributed by atoms with E-state index in [1.807, 2.05) is 0 Å². The first kappa shape index (κ1) is 17.0. The molecule has 1 atom stereocenters. The Labute approximate surface area is 138 Å². The van der Waals surface area contributed by atoms with Gasteiger partial charge in [0, 0.05) is 29.6 Å². The Morgan fingerprint density at radius 2 is 1.81 bits per heavy atom. The zero-order valence-corrected chi connectivity index (χ0v) is 15.0. The lowest BCUT2D eigenvalue weighted by Crippen LogP contribution is -2.38. The average molecular weight is 353 g/mol. The SMILES string of the molecule is CC(C)CN(CCC(N)c1ccc(Br)cc1)C1CCCC1. The molecule has 0 spiro atoms. The van der Waals surface area contributed by atoms with Crippen molar-refractivity contribution in [3.8, 4) is 0 Å². The summed E-state index contributed by atoms with van der Waals surface area (Å²) in [6, 6.07) is 9.38. The second-order valence-electron chi connectivity index (χ2n) is 6.77. The van der Waals surface area contributed by atoms with Gasteiger partial charge in [-0.1, -0.05) is 54.8 Å². The Morgan fingerprint density at radius 3 is 2.38 bits per heavy atom. The Balaban J connectivity index is 1.89. The number of hydrogen-bond donors (Lipinski definition) is 1. The summed E-state index contributed by atoms with van der Waals surface area (Å²) in [6.07, 6.45) is 6.60. The number of nitrogens with two attached hydrogens (primary N) is 1. The van der Waals surface area contributed by atoms with Crippen molar-refractivity contribution in [2.24, 2.45) is 11.7 Å². The van der Waals surface area contributed by atoms with Gasteiger partial charge in [-0.2, -0.15) is 0 Å². The standard InChI is InChI=1S/C18H29BrN2/c1-14(2)13-21(17-5-3-4-6-17)12-11-18(20)15-7-9-16(19)10-8-15/h7-10,14,17-18H,3-6,11-13,20H2,1-2H3. The van der Waals surface area contributed by atoms with Gasteiger partial charge in [0.05, 0.1) is 0 Å². The van der Waals surface area contributed by atoms with E-state index in [0.717, 1.165) is 29.4 Å². The van der Waals surface area contributed by atoms with Crippen molar-refractivity contribution >= 4 is 15.9 Å². The molecule has 1 aromatic rings. The summed E-state index contributed by atoms with van der Waals surface area (Å²) >= 11 is 3.48. The van der Waals surface area contributed by atoms with E-state index in [9.17, 15) is 0 Å². The highest BCUT2D eigenvalue weighted by molar-refractivity contribution is 9.10. The summed E-state index contributed by atoms with van der Waals surface area (Å²) in [6.45, 7) is 6.96. The lowest BCUT2D eigenvalue weighted by Gasteiger charge is -2.31. The molecule has 0 amide bonds. The van der Waals surface area contributed by atoms with Crippen LogP contribution >= 0.6 is 15.9 Å². The molecular formula is C18H29BrN2. The molecule has 1 fully saturated rings. The molecule has 2 nitrogen and oxygen atoms in total. The minimum absolute atomic E-state index is 0.147. The molecule has 1 unspecified atom stereocenters. The zero-order chi connectivity index (χ0) is 15.2. The van der Waals surface area contributed by atoms with Crippen molar-refractivity contribution < 1.29 is 0 Å². The van der Waals surface area contributed by atoms with E-state index >= 15 is 0 Å². The minimum Gasteiger partial charge on any atom is -0.324 e. The van der Waals surface area contributed by atoms with Crippen LogP contribution in [-0.2, 0) is 0 Å². The van der Waals surface area contributed by atoms with Crippen LogP contribution in [0.4, 0.5) is 0 Å². The molecule has 0 bridgehead atoms. The first-order valence-corrected chi connectivity index (χ1v) is 9.10. The minimum atomic E-state index is 0.147. The third-order valence-corrected chi connectivity index (χ3v) is 4.99. The van der Waals surface area contributed by atoms with Crippen LogP contribution < -0.4 is 5.73 Å². The number of hydrogen-bond acceptors (Lipinski definition) is 2. The Morgan fingerprint density at radius 1 is 1.19 bits per heavy atom. The van der Waals surface area contributed by atoms with Gasteiger partial charge in [-0.05, 0) is 42.9 Å². The Hall–Kier alpha value is -0.380. The molecule has 0 heterocycles. The molecule has 118 valence electrons. The van der Waals surface area contributed by atoms with E-state index in [0.29, 0.717) is 0 Å². The maximum atomic E-state index is 6.38. The highest BCUT2D eigenvalue weighted by Gasteiger charge is 2.23. The summed E-state index contributed by atoms with van der Waals surface area (Å²) in [7, 11) is 0. The van der Waals surface area contributed by atoms with Gasteiger partial charge in [0.1, 0.15) is 0 Å². The highest BCUT2D eigenvalue weighted by Crippen LogP contribution is 2.26. The van der Waals surface area contributed by atoms with Crippen molar-refractivity contribution in [3.63, 3.8) is 0 Å². The maximum Gasteiger partial charge on any atom is 0.0307 e. The van der Waals surface area contributed by atoms with Crippen LogP contribution in [0.5, 0.6) is 0 Å². The molecule has 21 heavy (non-hydrogen) atoms. The topological polar surface area (TPSA) is 29.3 Å². The summed E-state index contributed by atoms with van der Waals surface area (Å²) in [4.78, 5) is 2.69. The van der Waals surface area contributed by atoms with Crippen LogP contribution in [0.25, 0.3) is 0 Å². The lowest BCUT2D eigenvalue weighted by atomic mass is 10.0. The van der Waals surface area contributed by atoms with Gasteiger partial charge < -0.3 is 10.6 Å². The summed E-state index contributed by atoms with van der Waals surface area (Å²) in [5, 5.41) is 0. The monoisotopic (exact) mass is 352 g/mol. The third-order valence-electron chi connectivity index (χ3n) is 4.47. The molecule has 1 aromatic carbocycles. The van der Waals surface area contributed by atoms with Crippen LogP contribution in [0.2, 0.25) is 0 Å². The molecule has 0 saturated heterocycles. The van der Waals surface area contributed by atoms with Gasteiger partial charge >= 0.3 is 0 Å². The molecule has 0 aromatic heterocycles.